The third kappa shape index (κ3) is 3.95. The molecule has 1 heteroatoms. The van der Waals surface area contributed by atoms with E-state index in [2.05, 4.69) is 19.9 Å². The van der Waals surface area contributed by atoms with Crippen molar-refractivity contribution in [3.8, 4) is 0 Å². The summed E-state index contributed by atoms with van der Waals surface area (Å²) in [6.45, 7) is 4.59. The van der Waals surface area contributed by atoms with E-state index in [0.717, 1.165) is 5.92 Å². The Bertz CT molecular complexity index is 170. The number of rotatable bonds is 1. The lowest BCUT2D eigenvalue weighted by Gasteiger charge is -2.09. The third-order valence-electron chi connectivity index (χ3n) is 2.98. The molecule has 0 aromatic rings. The van der Waals surface area contributed by atoms with Gasteiger partial charge in [-0.3, -0.25) is 0 Å². The molecule has 1 aliphatic carbocycles. The van der Waals surface area contributed by atoms with Crippen molar-refractivity contribution in [2.24, 2.45) is 11.7 Å². The minimum Gasteiger partial charge on any atom is -0.328 e. The predicted octanol–water partition coefficient (Wildman–Crippen LogP) is 3.25. The lowest BCUT2D eigenvalue weighted by molar-refractivity contribution is 0.541. The van der Waals surface area contributed by atoms with Crippen LogP contribution in [0.1, 0.15) is 52.4 Å². The van der Waals surface area contributed by atoms with Gasteiger partial charge in [0.2, 0.25) is 0 Å². The maximum Gasteiger partial charge on any atom is 0.00417 e. The molecule has 0 bridgehead atoms. The van der Waals surface area contributed by atoms with E-state index in [-0.39, 0.29) is 0 Å². The summed E-state index contributed by atoms with van der Waals surface area (Å²) in [5.41, 5.74) is 7.61. The van der Waals surface area contributed by atoms with Crippen LogP contribution in [0.5, 0.6) is 0 Å². The zero-order valence-corrected chi connectivity index (χ0v) is 9.05. The minimum absolute atomic E-state index is 0.447. The Morgan fingerprint density at radius 1 is 1.31 bits per heavy atom. The van der Waals surface area contributed by atoms with Crippen LogP contribution in [0.4, 0.5) is 0 Å². The smallest absolute Gasteiger partial charge is 0.00417 e. The molecule has 1 nitrogen and oxygen atoms in total. The van der Waals surface area contributed by atoms with Gasteiger partial charge in [0.25, 0.3) is 0 Å². The second kappa shape index (κ2) is 5.43. The van der Waals surface area contributed by atoms with Gasteiger partial charge >= 0.3 is 0 Å². The first-order valence-corrected chi connectivity index (χ1v) is 5.64. The Kier molecular flexibility index (Phi) is 4.51. The van der Waals surface area contributed by atoms with Crippen molar-refractivity contribution in [2.45, 2.75) is 58.4 Å². The number of nitrogens with two attached hydrogens (primary N) is 1. The average molecular weight is 181 g/mol. The Hall–Kier alpha value is -0.300. The van der Waals surface area contributed by atoms with Crippen molar-refractivity contribution in [3.05, 3.63) is 11.6 Å². The molecule has 0 aromatic heterocycles. The van der Waals surface area contributed by atoms with Crippen LogP contribution in [-0.2, 0) is 0 Å². The highest BCUT2D eigenvalue weighted by Gasteiger charge is 2.08. The summed E-state index contributed by atoms with van der Waals surface area (Å²) in [4.78, 5) is 0. The van der Waals surface area contributed by atoms with E-state index in [0.29, 0.717) is 6.04 Å². The topological polar surface area (TPSA) is 26.0 Å². The third-order valence-corrected chi connectivity index (χ3v) is 2.98. The molecule has 0 fully saturated rings. The molecule has 0 saturated carbocycles. The summed E-state index contributed by atoms with van der Waals surface area (Å²) in [5, 5.41) is 0. The van der Waals surface area contributed by atoms with Gasteiger partial charge in [0.1, 0.15) is 0 Å². The summed E-state index contributed by atoms with van der Waals surface area (Å²) in [6.07, 6.45) is 9.95. The highest BCUT2D eigenvalue weighted by Crippen LogP contribution is 2.21. The van der Waals surface area contributed by atoms with Crippen LogP contribution >= 0.6 is 0 Å². The lowest BCUT2D eigenvalue weighted by Crippen LogP contribution is -2.18. The molecule has 1 atom stereocenters. The van der Waals surface area contributed by atoms with Crippen molar-refractivity contribution in [1.29, 1.82) is 0 Å². The number of hydrogen-bond donors (Lipinski definition) is 1. The van der Waals surface area contributed by atoms with Crippen LogP contribution in [0.3, 0.4) is 0 Å². The number of hydrogen-bond acceptors (Lipinski definition) is 1. The van der Waals surface area contributed by atoms with Gasteiger partial charge in [-0.25, -0.2) is 0 Å². The van der Waals surface area contributed by atoms with Crippen LogP contribution < -0.4 is 5.73 Å². The largest absolute Gasteiger partial charge is 0.328 e. The molecule has 2 N–H and O–H groups in total. The van der Waals surface area contributed by atoms with Gasteiger partial charge in [-0.15, -0.1) is 0 Å². The normalized spacial score (nSPS) is 30.2. The first-order chi connectivity index (χ1) is 6.20. The van der Waals surface area contributed by atoms with Crippen molar-refractivity contribution >= 4 is 0 Å². The van der Waals surface area contributed by atoms with Crippen LogP contribution in [-0.4, -0.2) is 6.04 Å². The maximum atomic E-state index is 5.97. The van der Waals surface area contributed by atoms with Gasteiger partial charge in [-0.1, -0.05) is 31.9 Å². The van der Waals surface area contributed by atoms with E-state index in [1.807, 2.05) is 0 Å². The first kappa shape index (κ1) is 10.8. The minimum atomic E-state index is 0.447. The van der Waals surface area contributed by atoms with Gasteiger partial charge < -0.3 is 5.73 Å². The molecule has 0 aliphatic heterocycles. The maximum absolute atomic E-state index is 5.97. The fraction of sp³-hybridized carbons (Fsp3) is 0.833. The van der Waals surface area contributed by atoms with Gasteiger partial charge in [0, 0.05) is 6.04 Å². The molecule has 0 spiro atoms. The van der Waals surface area contributed by atoms with Crippen LogP contribution in [0.2, 0.25) is 0 Å². The Labute approximate surface area is 82.4 Å². The molecule has 0 unspecified atom stereocenters. The van der Waals surface area contributed by atoms with E-state index in [1.54, 1.807) is 5.57 Å². The summed E-state index contributed by atoms with van der Waals surface area (Å²) in [6, 6.07) is 0.447. The number of allylic oxidation sites excluding steroid dienone is 2. The Morgan fingerprint density at radius 2 is 2.08 bits per heavy atom. The zero-order valence-electron chi connectivity index (χ0n) is 9.05. The van der Waals surface area contributed by atoms with Crippen LogP contribution in [0.15, 0.2) is 11.6 Å². The van der Waals surface area contributed by atoms with Gasteiger partial charge in [0.05, 0.1) is 0 Å². The summed E-state index contributed by atoms with van der Waals surface area (Å²) < 4.78 is 0. The zero-order chi connectivity index (χ0) is 9.68. The van der Waals surface area contributed by atoms with E-state index in [1.165, 1.54) is 38.5 Å². The molecular weight excluding hydrogens is 158 g/mol. The monoisotopic (exact) mass is 181 g/mol. The quantitative estimate of drug-likeness (QED) is 0.617. The Morgan fingerprint density at radius 3 is 2.77 bits per heavy atom. The van der Waals surface area contributed by atoms with E-state index < -0.39 is 0 Å². The first-order valence-electron chi connectivity index (χ1n) is 5.64. The lowest BCUT2D eigenvalue weighted by atomic mass is 9.97. The summed E-state index contributed by atoms with van der Waals surface area (Å²) in [7, 11) is 0. The molecule has 0 heterocycles. The van der Waals surface area contributed by atoms with Crippen LogP contribution in [0.25, 0.3) is 0 Å². The molecule has 0 aromatic carbocycles. The summed E-state index contributed by atoms with van der Waals surface area (Å²) in [5.74, 6) is 0.731. The molecule has 0 saturated heterocycles. The second-order valence-electron chi connectivity index (χ2n) is 4.52. The highest BCUT2D eigenvalue weighted by atomic mass is 14.6. The van der Waals surface area contributed by atoms with Crippen molar-refractivity contribution in [3.63, 3.8) is 0 Å². The van der Waals surface area contributed by atoms with Gasteiger partial charge in [-0.2, -0.15) is 0 Å². The van der Waals surface area contributed by atoms with Gasteiger partial charge in [0.15, 0.2) is 0 Å². The molecule has 0 radical (unpaired) electrons. The molecule has 1 rings (SSSR count). The second-order valence-corrected chi connectivity index (χ2v) is 4.52. The van der Waals surface area contributed by atoms with Crippen molar-refractivity contribution in [1.82, 2.24) is 0 Å². The average Bonchev–Trinajstić information content (AvgIpc) is 2.16. The highest BCUT2D eigenvalue weighted by molar-refractivity contribution is 5.05. The molecule has 1 aliphatic rings. The standard InChI is InChI=1S/C12H23N/c1-10(2)11-6-3-4-8-12(13)9-5-7-11/h7,10,12H,3-6,8-9,13H2,1-2H3/b11-7+/t12-/m1/s1. The van der Waals surface area contributed by atoms with E-state index in [9.17, 15) is 0 Å². The summed E-state index contributed by atoms with van der Waals surface area (Å²) >= 11 is 0. The van der Waals surface area contributed by atoms with E-state index in [4.69, 9.17) is 5.73 Å². The fourth-order valence-corrected chi connectivity index (χ4v) is 1.99. The van der Waals surface area contributed by atoms with E-state index >= 15 is 0 Å². The molecular formula is C12H23N. The van der Waals surface area contributed by atoms with Crippen LogP contribution in [0, 0.1) is 5.92 Å². The predicted molar refractivity (Wildman–Crippen MR) is 58.6 cm³/mol. The molecule has 76 valence electrons. The fourth-order valence-electron chi connectivity index (χ4n) is 1.99. The van der Waals surface area contributed by atoms with Gasteiger partial charge in [-0.05, 0) is 38.0 Å². The Balaban J connectivity index is 2.49. The molecule has 0 amide bonds. The SMILES string of the molecule is CC(C)/C1=C/CC[C@H](N)CCCC1. The van der Waals surface area contributed by atoms with Crippen molar-refractivity contribution < 1.29 is 0 Å². The molecule has 13 heavy (non-hydrogen) atoms. The van der Waals surface area contributed by atoms with Crippen molar-refractivity contribution in [2.75, 3.05) is 0 Å².